The van der Waals surface area contributed by atoms with E-state index in [2.05, 4.69) is 15.7 Å². The number of hydrogen-bond acceptors (Lipinski definition) is 4. The molecule has 0 saturated carbocycles. The molecule has 0 radical (unpaired) electrons. The van der Waals surface area contributed by atoms with Gasteiger partial charge in [-0.15, -0.1) is 0 Å². The quantitative estimate of drug-likeness (QED) is 0.825. The molecule has 140 valence electrons. The highest BCUT2D eigenvalue weighted by atomic mass is 19.2. The van der Waals surface area contributed by atoms with E-state index < -0.39 is 17.7 Å². The predicted molar refractivity (Wildman–Crippen MR) is 91.8 cm³/mol. The van der Waals surface area contributed by atoms with Crippen LogP contribution in [-0.4, -0.2) is 42.5 Å². The van der Waals surface area contributed by atoms with Gasteiger partial charge in [-0.3, -0.25) is 9.48 Å². The van der Waals surface area contributed by atoms with Crippen molar-refractivity contribution in [1.29, 1.82) is 0 Å². The van der Waals surface area contributed by atoms with Gasteiger partial charge in [-0.25, -0.2) is 8.78 Å². The topological polar surface area (TPSA) is 68.2 Å². The van der Waals surface area contributed by atoms with Crippen molar-refractivity contribution >= 4 is 5.91 Å². The van der Waals surface area contributed by atoms with Crippen molar-refractivity contribution in [1.82, 2.24) is 20.4 Å². The minimum Gasteiger partial charge on any atom is -0.382 e. The summed E-state index contributed by atoms with van der Waals surface area (Å²) >= 11 is 0. The fourth-order valence-electron chi connectivity index (χ4n) is 3.07. The third-order valence-corrected chi connectivity index (χ3v) is 4.47. The van der Waals surface area contributed by atoms with Gasteiger partial charge in [0.25, 0.3) is 5.91 Å². The fourth-order valence-corrected chi connectivity index (χ4v) is 3.07. The monoisotopic (exact) mass is 364 g/mol. The molecule has 2 N–H and O–H groups in total. The van der Waals surface area contributed by atoms with Crippen LogP contribution in [0.4, 0.5) is 8.78 Å². The Kier molecular flexibility index (Phi) is 5.95. The van der Waals surface area contributed by atoms with E-state index in [-0.39, 0.29) is 24.2 Å². The Morgan fingerprint density at radius 2 is 2.27 bits per heavy atom. The van der Waals surface area contributed by atoms with E-state index in [0.717, 1.165) is 38.1 Å². The highest BCUT2D eigenvalue weighted by Gasteiger charge is 2.21. The van der Waals surface area contributed by atoms with Crippen LogP contribution in [0.5, 0.6) is 0 Å². The normalized spacial score (nSPS) is 18.5. The molecule has 1 aliphatic heterocycles. The first-order valence-corrected chi connectivity index (χ1v) is 8.59. The lowest BCUT2D eigenvalue weighted by Gasteiger charge is -2.23. The number of carbonyl (C=O) groups is 1. The van der Waals surface area contributed by atoms with Crippen LogP contribution in [0.25, 0.3) is 0 Å². The van der Waals surface area contributed by atoms with Crippen LogP contribution in [0.1, 0.15) is 41.0 Å². The van der Waals surface area contributed by atoms with Gasteiger partial charge in [-0.2, -0.15) is 5.10 Å². The van der Waals surface area contributed by atoms with Gasteiger partial charge >= 0.3 is 0 Å². The molecule has 2 aromatic rings. The molecule has 8 heteroatoms. The molecule has 1 amide bonds. The second kappa shape index (κ2) is 8.37. The van der Waals surface area contributed by atoms with Crippen molar-refractivity contribution in [3.8, 4) is 0 Å². The average Bonchev–Trinajstić information content (AvgIpc) is 3.15. The maximum atomic E-state index is 13.5. The smallest absolute Gasteiger partial charge is 0.272 e. The van der Waals surface area contributed by atoms with Crippen LogP contribution in [0.15, 0.2) is 30.5 Å². The van der Waals surface area contributed by atoms with Crippen molar-refractivity contribution in [2.24, 2.45) is 0 Å². The lowest BCUT2D eigenvalue weighted by Crippen LogP contribution is -2.33. The molecule has 2 heterocycles. The van der Waals surface area contributed by atoms with Gasteiger partial charge in [-0.05, 0) is 43.1 Å². The molecule has 1 aromatic carbocycles. The Hall–Kier alpha value is -2.32. The summed E-state index contributed by atoms with van der Waals surface area (Å²) in [5.41, 5.74) is 0.703. The van der Waals surface area contributed by atoms with Gasteiger partial charge in [0.2, 0.25) is 0 Å². The fraction of sp³-hybridized carbons (Fsp3) is 0.444. The summed E-state index contributed by atoms with van der Waals surface area (Å²) in [4.78, 5) is 12.5. The van der Waals surface area contributed by atoms with Gasteiger partial charge < -0.3 is 15.4 Å². The largest absolute Gasteiger partial charge is 0.382 e. The van der Waals surface area contributed by atoms with Crippen molar-refractivity contribution in [2.75, 3.05) is 26.8 Å². The van der Waals surface area contributed by atoms with E-state index in [9.17, 15) is 13.6 Å². The molecular weight excluding hydrogens is 342 g/mol. The van der Waals surface area contributed by atoms with Crippen molar-refractivity contribution in [3.63, 3.8) is 0 Å². The third-order valence-electron chi connectivity index (χ3n) is 4.47. The van der Waals surface area contributed by atoms with Crippen LogP contribution in [0.3, 0.4) is 0 Å². The summed E-state index contributed by atoms with van der Waals surface area (Å²) in [5.74, 6) is -2.29. The Morgan fingerprint density at radius 3 is 2.96 bits per heavy atom. The number of methoxy groups -OCH3 is 1. The highest BCUT2D eigenvalue weighted by Crippen LogP contribution is 2.19. The number of hydrogen-bond donors (Lipinski definition) is 2. The van der Waals surface area contributed by atoms with E-state index in [1.165, 1.54) is 13.2 Å². The van der Waals surface area contributed by atoms with Crippen LogP contribution >= 0.6 is 0 Å². The predicted octanol–water partition coefficient (Wildman–Crippen LogP) is 2.20. The molecule has 1 aliphatic rings. The molecule has 1 aromatic heterocycles. The SMILES string of the molecule is COCC(NC(=O)c1ccn(C2CCCNC2)n1)c1ccc(F)c(F)c1. The summed E-state index contributed by atoms with van der Waals surface area (Å²) < 4.78 is 33.5. The lowest BCUT2D eigenvalue weighted by atomic mass is 10.1. The van der Waals surface area contributed by atoms with Crippen molar-refractivity contribution in [2.45, 2.75) is 24.9 Å². The number of halogens is 2. The average molecular weight is 364 g/mol. The van der Waals surface area contributed by atoms with Crippen LogP contribution in [0, 0.1) is 11.6 Å². The zero-order valence-corrected chi connectivity index (χ0v) is 14.5. The van der Waals surface area contributed by atoms with Crippen molar-refractivity contribution < 1.29 is 18.3 Å². The minimum atomic E-state index is -0.966. The van der Waals surface area contributed by atoms with Gasteiger partial charge in [0.15, 0.2) is 11.6 Å². The molecule has 2 atom stereocenters. The zero-order chi connectivity index (χ0) is 18.5. The molecule has 0 spiro atoms. The minimum absolute atomic E-state index is 0.129. The summed E-state index contributed by atoms with van der Waals surface area (Å²) in [6, 6.07) is 4.79. The van der Waals surface area contributed by atoms with Crippen LogP contribution in [-0.2, 0) is 4.74 Å². The lowest BCUT2D eigenvalue weighted by molar-refractivity contribution is 0.0890. The zero-order valence-electron chi connectivity index (χ0n) is 14.5. The molecule has 1 fully saturated rings. The number of ether oxygens (including phenoxy) is 1. The molecule has 0 aliphatic carbocycles. The first kappa shape index (κ1) is 18.5. The van der Waals surface area contributed by atoms with E-state index in [1.807, 2.05) is 0 Å². The number of nitrogens with zero attached hydrogens (tertiary/aromatic N) is 2. The van der Waals surface area contributed by atoms with Gasteiger partial charge in [0.05, 0.1) is 18.7 Å². The van der Waals surface area contributed by atoms with E-state index >= 15 is 0 Å². The Balaban J connectivity index is 1.71. The number of benzene rings is 1. The number of nitrogens with one attached hydrogen (secondary N) is 2. The van der Waals surface area contributed by atoms with Gasteiger partial charge in [0, 0.05) is 19.9 Å². The molecule has 26 heavy (non-hydrogen) atoms. The Bertz CT molecular complexity index is 759. The maximum absolute atomic E-state index is 13.5. The molecule has 6 nitrogen and oxygen atoms in total. The number of carbonyl (C=O) groups excluding carboxylic acids is 1. The maximum Gasteiger partial charge on any atom is 0.272 e. The summed E-state index contributed by atoms with van der Waals surface area (Å²) in [5, 5.41) is 10.4. The molecule has 2 unspecified atom stereocenters. The van der Waals surface area contributed by atoms with Crippen molar-refractivity contribution in [3.05, 3.63) is 53.4 Å². The summed E-state index contributed by atoms with van der Waals surface area (Å²) in [6.45, 7) is 1.95. The molecule has 1 saturated heterocycles. The summed E-state index contributed by atoms with van der Waals surface area (Å²) in [6.07, 6.45) is 3.87. The number of piperidine rings is 1. The second-order valence-corrected chi connectivity index (χ2v) is 6.34. The van der Waals surface area contributed by atoms with E-state index in [4.69, 9.17) is 4.74 Å². The number of aromatic nitrogens is 2. The third kappa shape index (κ3) is 4.25. The summed E-state index contributed by atoms with van der Waals surface area (Å²) in [7, 11) is 1.48. The van der Waals surface area contributed by atoms with Crippen LogP contribution < -0.4 is 10.6 Å². The van der Waals surface area contributed by atoms with Crippen LogP contribution in [0.2, 0.25) is 0 Å². The first-order valence-electron chi connectivity index (χ1n) is 8.59. The Labute approximate surface area is 150 Å². The number of rotatable bonds is 6. The Morgan fingerprint density at radius 1 is 1.42 bits per heavy atom. The number of amides is 1. The molecule has 0 bridgehead atoms. The highest BCUT2D eigenvalue weighted by molar-refractivity contribution is 5.92. The first-order chi connectivity index (χ1) is 12.6. The van der Waals surface area contributed by atoms with E-state index in [1.54, 1.807) is 16.9 Å². The van der Waals surface area contributed by atoms with Gasteiger partial charge in [-0.1, -0.05) is 6.07 Å². The second-order valence-electron chi connectivity index (χ2n) is 6.34. The standard InChI is InChI=1S/C18H22F2N4O2/c1-26-11-17(12-4-5-14(19)15(20)9-12)22-18(25)16-6-8-24(23-16)13-3-2-7-21-10-13/h4-6,8-9,13,17,21H,2-3,7,10-11H2,1H3,(H,22,25). The van der Waals surface area contributed by atoms with E-state index in [0.29, 0.717) is 5.56 Å². The molecular formula is C18H22F2N4O2. The van der Waals surface area contributed by atoms with Gasteiger partial charge in [0.1, 0.15) is 5.69 Å². The molecule has 3 rings (SSSR count).